The van der Waals surface area contributed by atoms with E-state index in [1.807, 2.05) is 91.0 Å². The Morgan fingerprint density at radius 3 is 1.70 bits per heavy atom. The summed E-state index contributed by atoms with van der Waals surface area (Å²) in [5.74, 6) is 1.16. The minimum absolute atomic E-state index is 0.0239. The molecule has 0 heterocycles. The largest absolute Gasteiger partial charge is 0.396 e. The van der Waals surface area contributed by atoms with E-state index in [2.05, 4.69) is 36.7 Å². The molecule has 0 aliphatic heterocycles. The molecule has 0 spiro atoms. The van der Waals surface area contributed by atoms with E-state index >= 15 is 0 Å². The highest BCUT2D eigenvalue weighted by Crippen LogP contribution is 2.68. The number of carbonyl (C=O) groups is 3. The first kappa shape index (κ1) is 44.9. The molecule has 3 amide bonds. The van der Waals surface area contributed by atoms with Gasteiger partial charge in [-0.05, 0) is 140 Å². The van der Waals surface area contributed by atoms with E-state index in [9.17, 15) is 19.5 Å². The fourth-order valence-electron chi connectivity index (χ4n) is 13.1. The molecular weight excluding hydrogens is 761 g/mol. The zero-order valence-corrected chi connectivity index (χ0v) is 36.7. The van der Waals surface area contributed by atoms with Crippen molar-refractivity contribution in [2.75, 3.05) is 6.61 Å². The number of hydrogen-bond donors (Lipinski definition) is 7. The van der Waals surface area contributed by atoms with E-state index in [-0.39, 0.29) is 77.0 Å². The summed E-state index contributed by atoms with van der Waals surface area (Å²) in [6.07, 6.45) is 9.27. The number of aliphatic hydroxyl groups is 1. The van der Waals surface area contributed by atoms with Gasteiger partial charge >= 0.3 is 0 Å². The van der Waals surface area contributed by atoms with Gasteiger partial charge < -0.3 is 38.3 Å². The third-order valence-electron chi connectivity index (χ3n) is 16.3. The maximum atomic E-state index is 14.3. The van der Waals surface area contributed by atoms with Crippen LogP contribution in [0.3, 0.4) is 0 Å². The molecule has 10 heteroatoms. The van der Waals surface area contributed by atoms with Crippen LogP contribution in [0.4, 0.5) is 0 Å². The maximum Gasteiger partial charge on any atom is 0.237 e. The third kappa shape index (κ3) is 9.78. The first-order chi connectivity index (χ1) is 29.3. The summed E-state index contributed by atoms with van der Waals surface area (Å²) in [5.41, 5.74) is 22.7. The second-order valence-corrected chi connectivity index (χ2v) is 19.9. The predicted molar refractivity (Wildman–Crippen MR) is 242 cm³/mol. The van der Waals surface area contributed by atoms with Crippen LogP contribution >= 0.6 is 0 Å². The van der Waals surface area contributed by atoms with Crippen molar-refractivity contribution < 1.29 is 19.5 Å². The summed E-state index contributed by atoms with van der Waals surface area (Å²) in [7, 11) is 0. The second-order valence-electron chi connectivity index (χ2n) is 19.9. The number of benzene rings is 3. The molecule has 0 bridgehead atoms. The molecule has 10 nitrogen and oxygen atoms in total. The number of rotatable bonds is 16. The van der Waals surface area contributed by atoms with Crippen molar-refractivity contribution in [1.82, 2.24) is 16.0 Å². The van der Waals surface area contributed by atoms with E-state index in [0.717, 1.165) is 74.5 Å². The molecule has 330 valence electrons. The van der Waals surface area contributed by atoms with E-state index in [1.54, 1.807) is 0 Å². The average molecular weight is 833 g/mol. The molecule has 3 aromatic carbocycles. The normalized spacial score (nSPS) is 32.5. The quantitative estimate of drug-likeness (QED) is 0.100. The molecule has 14 atom stereocenters. The molecule has 4 fully saturated rings. The first-order valence-corrected chi connectivity index (χ1v) is 23.2. The van der Waals surface area contributed by atoms with Gasteiger partial charge in [-0.1, -0.05) is 112 Å². The lowest BCUT2D eigenvalue weighted by Crippen LogP contribution is -2.68. The van der Waals surface area contributed by atoms with Gasteiger partial charge in [0.1, 0.15) is 0 Å². The molecule has 61 heavy (non-hydrogen) atoms. The fourth-order valence-corrected chi connectivity index (χ4v) is 13.1. The topological polar surface area (TPSA) is 186 Å². The van der Waals surface area contributed by atoms with Gasteiger partial charge in [-0.3, -0.25) is 14.4 Å². The van der Waals surface area contributed by atoms with Gasteiger partial charge in [-0.25, -0.2) is 0 Å². The molecule has 4 aliphatic rings. The fraction of sp³-hybridized carbons (Fsp3) is 0.588. The van der Waals surface area contributed by atoms with Crippen molar-refractivity contribution in [1.29, 1.82) is 0 Å². The van der Waals surface area contributed by atoms with E-state index in [0.29, 0.717) is 31.1 Å². The van der Waals surface area contributed by atoms with Crippen molar-refractivity contribution in [2.45, 2.75) is 134 Å². The minimum Gasteiger partial charge on any atom is -0.396 e. The second kappa shape index (κ2) is 19.5. The van der Waals surface area contributed by atoms with E-state index in [1.165, 1.54) is 0 Å². The van der Waals surface area contributed by atoms with Crippen LogP contribution in [-0.2, 0) is 33.6 Å². The summed E-state index contributed by atoms with van der Waals surface area (Å²) in [6, 6.07) is 27.5. The van der Waals surface area contributed by atoms with Crippen molar-refractivity contribution >= 4 is 17.7 Å². The van der Waals surface area contributed by atoms with Crippen molar-refractivity contribution in [3.63, 3.8) is 0 Å². The van der Waals surface area contributed by atoms with Crippen molar-refractivity contribution in [3.05, 3.63) is 108 Å². The van der Waals surface area contributed by atoms with Crippen molar-refractivity contribution in [3.8, 4) is 0 Å². The zero-order chi connectivity index (χ0) is 43.3. The Morgan fingerprint density at radius 2 is 1.18 bits per heavy atom. The maximum absolute atomic E-state index is 14.3. The van der Waals surface area contributed by atoms with Gasteiger partial charge in [-0.15, -0.1) is 0 Å². The Kier molecular flexibility index (Phi) is 14.4. The van der Waals surface area contributed by atoms with Crippen LogP contribution in [0.25, 0.3) is 0 Å². The molecule has 0 radical (unpaired) electrons. The number of fused-ring (bicyclic) bond motifs is 5. The molecule has 4 aliphatic carbocycles. The van der Waals surface area contributed by atoms with Crippen molar-refractivity contribution in [2.24, 2.45) is 63.5 Å². The molecular formula is C51H72N6O4. The van der Waals surface area contributed by atoms with Crippen LogP contribution in [0.5, 0.6) is 0 Å². The third-order valence-corrected chi connectivity index (χ3v) is 16.3. The zero-order valence-electron chi connectivity index (χ0n) is 36.7. The number of nitrogens with one attached hydrogen (secondary N) is 3. The van der Waals surface area contributed by atoms with Gasteiger partial charge in [0.15, 0.2) is 0 Å². The minimum atomic E-state index is -0.693. The van der Waals surface area contributed by atoms with Crippen LogP contribution < -0.4 is 33.2 Å². The lowest BCUT2D eigenvalue weighted by atomic mass is 9.42. The van der Waals surface area contributed by atoms with Crippen LogP contribution in [0.1, 0.15) is 95.2 Å². The van der Waals surface area contributed by atoms with E-state index < -0.39 is 18.1 Å². The number of aliphatic hydroxyl groups excluding tert-OH is 1. The molecule has 10 N–H and O–H groups in total. The number of nitrogens with two attached hydrogens (primary N) is 3. The SMILES string of the molecule is C[C@H](CCCO)[C@H]1CC[C@H]2C3[C@H](NC(=O)C(N)Cc4ccccc4)CC4C[C@H](NC(=O)[C@@H](N)Cc5ccccc5)CC[C@]4(C)[C@H]3C[C@H](NC(=O)[C@@H](N)Cc3ccccc3)[C@]12C. The Hall–Kier alpha value is -4.09. The summed E-state index contributed by atoms with van der Waals surface area (Å²) < 4.78 is 0. The van der Waals surface area contributed by atoms with Crippen LogP contribution in [-0.4, -0.2) is 65.7 Å². The molecule has 4 saturated carbocycles. The number of carbonyl (C=O) groups excluding carboxylic acids is 3. The van der Waals surface area contributed by atoms with Crippen LogP contribution in [0, 0.1) is 46.3 Å². The van der Waals surface area contributed by atoms with E-state index in [4.69, 9.17) is 17.2 Å². The van der Waals surface area contributed by atoms with Gasteiger partial charge in [0.05, 0.1) is 18.1 Å². The number of hydrogen-bond acceptors (Lipinski definition) is 7. The Balaban J connectivity index is 1.18. The molecule has 0 aromatic heterocycles. The van der Waals surface area contributed by atoms with Gasteiger partial charge in [0.25, 0.3) is 0 Å². The molecule has 7 rings (SSSR count). The van der Waals surface area contributed by atoms with Gasteiger partial charge in [-0.2, -0.15) is 0 Å². The molecule has 3 unspecified atom stereocenters. The standard InChI is InChI=1S/C51H72N6O4/c1-32(14-13-25-58)38-21-22-39-46-40(31-45(51(38,39)3)57-49(61)43(54)28-35-19-11-6-12-20-35)50(2)24-23-37(55-47(59)41(52)26-33-15-7-4-8-16-33)29-36(50)30-44(46)56-48(60)42(53)27-34-17-9-5-10-18-34/h4-12,15-20,32,36-46,58H,13-14,21-31,52-54H2,1-3H3,(H,55,59)(H,56,60)(H,57,61)/t32-,36?,37-,38-,39+,40+,41+,42?,43+,44-,45+,46?,50+,51-/m1/s1. The average Bonchev–Trinajstić information content (AvgIpc) is 3.62. The summed E-state index contributed by atoms with van der Waals surface area (Å²) in [4.78, 5) is 42.1. The number of amides is 3. The highest BCUT2D eigenvalue weighted by molar-refractivity contribution is 5.83. The summed E-state index contributed by atoms with van der Waals surface area (Å²) >= 11 is 0. The van der Waals surface area contributed by atoms with Gasteiger partial charge in [0, 0.05) is 24.7 Å². The Labute approximate surface area is 364 Å². The highest BCUT2D eigenvalue weighted by atomic mass is 16.3. The van der Waals surface area contributed by atoms with Crippen LogP contribution in [0.15, 0.2) is 91.0 Å². The Morgan fingerprint density at radius 1 is 0.672 bits per heavy atom. The lowest BCUT2D eigenvalue weighted by Gasteiger charge is -2.65. The monoisotopic (exact) mass is 833 g/mol. The Bertz CT molecular complexity index is 1920. The lowest BCUT2D eigenvalue weighted by molar-refractivity contribution is -0.154. The first-order valence-electron chi connectivity index (χ1n) is 23.2. The van der Waals surface area contributed by atoms with Gasteiger partial charge in [0.2, 0.25) is 17.7 Å². The summed E-state index contributed by atoms with van der Waals surface area (Å²) in [5, 5.41) is 20.4. The summed E-state index contributed by atoms with van der Waals surface area (Å²) in [6.45, 7) is 7.34. The molecule has 3 aromatic rings. The molecule has 0 saturated heterocycles. The smallest absolute Gasteiger partial charge is 0.237 e. The predicted octanol–water partition coefficient (Wildman–Crippen LogP) is 5.44. The van der Waals surface area contributed by atoms with Crippen LogP contribution in [0.2, 0.25) is 0 Å². The highest BCUT2D eigenvalue weighted by Gasteiger charge is 2.66.